The number of amides is 1. The minimum Gasteiger partial charge on any atom is -0.488 e. The van der Waals surface area contributed by atoms with Gasteiger partial charge in [0, 0.05) is 54.4 Å². The first-order chi connectivity index (χ1) is 17.8. The smallest absolute Gasteiger partial charge is 0.261 e. The van der Waals surface area contributed by atoms with Gasteiger partial charge in [0.05, 0.1) is 12.2 Å². The Kier molecular flexibility index (Phi) is 5.93. The van der Waals surface area contributed by atoms with Crippen LogP contribution in [0, 0.1) is 11.6 Å². The van der Waals surface area contributed by atoms with Gasteiger partial charge < -0.3 is 14.6 Å². The highest BCUT2D eigenvalue weighted by Crippen LogP contribution is 2.48. The molecule has 3 aliphatic rings. The maximum Gasteiger partial charge on any atom is 0.261 e. The number of benzene rings is 2. The van der Waals surface area contributed by atoms with Gasteiger partial charge in [-0.15, -0.1) is 0 Å². The Labute approximate surface area is 212 Å². The number of hydrogen-bond donors (Lipinski definition) is 1. The normalized spacial score (nSPS) is 23.1. The molecule has 2 atom stereocenters. The van der Waals surface area contributed by atoms with Crippen LogP contribution in [-0.4, -0.2) is 64.8 Å². The fourth-order valence-corrected chi connectivity index (χ4v) is 5.76. The van der Waals surface area contributed by atoms with Crippen molar-refractivity contribution < 1.29 is 27.1 Å². The average Bonchev–Trinajstić information content (AvgIpc) is 3.49. The van der Waals surface area contributed by atoms with Gasteiger partial charge in [0.15, 0.2) is 5.67 Å². The van der Waals surface area contributed by atoms with E-state index in [0.717, 1.165) is 28.6 Å². The van der Waals surface area contributed by atoms with Crippen molar-refractivity contribution in [2.75, 3.05) is 26.3 Å². The van der Waals surface area contributed by atoms with E-state index in [2.05, 4.69) is 4.98 Å². The van der Waals surface area contributed by atoms with E-state index in [1.807, 2.05) is 29.2 Å². The number of hydrogen-bond acceptors (Lipinski definition) is 3. The Morgan fingerprint density at radius 3 is 2.54 bits per heavy atom. The third-order valence-corrected chi connectivity index (χ3v) is 7.84. The molecule has 3 aromatic rings. The molecule has 1 aliphatic carbocycles. The summed E-state index contributed by atoms with van der Waals surface area (Å²) < 4.78 is 64.6. The van der Waals surface area contributed by atoms with E-state index >= 15 is 13.2 Å². The number of carbonyl (C=O) groups is 1. The molecule has 1 amide bonds. The summed E-state index contributed by atoms with van der Waals surface area (Å²) >= 11 is 0. The molecular weight excluding hydrogens is 486 g/mol. The van der Waals surface area contributed by atoms with Gasteiger partial charge in [-0.25, -0.2) is 13.2 Å². The molecule has 2 aromatic carbocycles. The number of halogens is 4. The van der Waals surface area contributed by atoms with E-state index in [1.54, 1.807) is 6.92 Å². The van der Waals surface area contributed by atoms with Crippen LogP contribution in [0.5, 0.6) is 5.75 Å². The van der Waals surface area contributed by atoms with Gasteiger partial charge in [0.25, 0.3) is 5.91 Å². The SMILES string of the molecule is C[C@@H]1Cc2c([nH]c3ccccc23)[C@@H](c2c(F)cc(OC3CN(CCCF)C3)cc2F)N1C(=O)C1(F)CC1. The van der Waals surface area contributed by atoms with Gasteiger partial charge in [0.2, 0.25) is 0 Å². The molecule has 1 N–H and O–H groups in total. The number of aromatic amines is 1. The summed E-state index contributed by atoms with van der Waals surface area (Å²) in [5, 5.41) is 0.922. The zero-order chi connectivity index (χ0) is 25.9. The molecular formula is C28H29F4N3O2. The number of alkyl halides is 2. The molecule has 0 radical (unpaired) electrons. The summed E-state index contributed by atoms with van der Waals surface area (Å²) in [5.41, 5.74) is -0.107. The van der Waals surface area contributed by atoms with Gasteiger partial charge in [-0.3, -0.25) is 14.1 Å². The molecule has 9 heteroatoms. The summed E-state index contributed by atoms with van der Waals surface area (Å²) in [4.78, 5) is 19.9. The molecule has 37 heavy (non-hydrogen) atoms. The van der Waals surface area contributed by atoms with Crippen molar-refractivity contribution in [3.63, 3.8) is 0 Å². The van der Waals surface area contributed by atoms with Gasteiger partial charge in [0.1, 0.15) is 29.5 Å². The van der Waals surface area contributed by atoms with Gasteiger partial charge >= 0.3 is 0 Å². The number of nitrogens with one attached hydrogen (secondary N) is 1. The largest absolute Gasteiger partial charge is 0.488 e. The Balaban J connectivity index is 1.37. The summed E-state index contributed by atoms with van der Waals surface area (Å²) in [6.07, 6.45) is 0.878. The van der Waals surface area contributed by atoms with E-state index in [9.17, 15) is 9.18 Å². The van der Waals surface area contributed by atoms with Crippen molar-refractivity contribution in [1.82, 2.24) is 14.8 Å². The Morgan fingerprint density at radius 1 is 1.16 bits per heavy atom. The van der Waals surface area contributed by atoms with E-state index in [4.69, 9.17) is 4.74 Å². The molecule has 196 valence electrons. The number of H-pyrrole nitrogens is 1. The molecule has 6 rings (SSSR count). The van der Waals surface area contributed by atoms with Crippen LogP contribution in [-0.2, 0) is 11.2 Å². The lowest BCUT2D eigenvalue weighted by molar-refractivity contribution is -0.143. The first kappa shape index (κ1) is 24.3. The van der Waals surface area contributed by atoms with Crippen molar-refractivity contribution in [2.24, 2.45) is 0 Å². The van der Waals surface area contributed by atoms with Gasteiger partial charge in [-0.2, -0.15) is 0 Å². The van der Waals surface area contributed by atoms with Gasteiger partial charge in [-0.1, -0.05) is 18.2 Å². The molecule has 0 unspecified atom stereocenters. The number of nitrogens with zero attached hydrogens (tertiary/aromatic N) is 2. The topological polar surface area (TPSA) is 48.6 Å². The zero-order valence-electron chi connectivity index (χ0n) is 20.6. The Hall–Kier alpha value is -3.07. The van der Waals surface area contributed by atoms with Crippen LogP contribution in [0.2, 0.25) is 0 Å². The van der Waals surface area contributed by atoms with E-state index < -0.39 is 35.3 Å². The van der Waals surface area contributed by atoms with Crippen molar-refractivity contribution in [3.8, 4) is 5.75 Å². The second-order valence-electron chi connectivity index (χ2n) is 10.5. The fourth-order valence-electron chi connectivity index (χ4n) is 5.76. The minimum atomic E-state index is -1.98. The van der Waals surface area contributed by atoms with Crippen molar-refractivity contribution >= 4 is 16.8 Å². The van der Waals surface area contributed by atoms with E-state index in [-0.39, 0.29) is 36.9 Å². The fraction of sp³-hybridized carbons (Fsp3) is 0.464. The number of rotatable bonds is 7. The third kappa shape index (κ3) is 4.17. The monoisotopic (exact) mass is 515 g/mol. The molecule has 2 fully saturated rings. The maximum absolute atomic E-state index is 15.7. The van der Waals surface area contributed by atoms with Crippen LogP contribution in [0.4, 0.5) is 17.6 Å². The van der Waals surface area contributed by atoms with Crippen molar-refractivity contribution in [2.45, 2.75) is 56.5 Å². The number of aromatic nitrogens is 1. The standard InChI is InChI=1S/C28H29F4N3O2/c1-16-11-20-19-5-2-3-6-23(19)33-25(20)26(35(16)27(36)28(32)7-8-28)24-21(30)12-17(13-22(24)31)37-18-14-34(15-18)10-4-9-29/h2-3,5-6,12-13,16,18,26,33H,4,7-11,14-15H2,1H3/t16-,26-/m1/s1. The molecule has 1 aromatic heterocycles. The summed E-state index contributed by atoms with van der Waals surface area (Å²) in [6.45, 7) is 3.14. The molecule has 0 bridgehead atoms. The first-order valence-electron chi connectivity index (χ1n) is 12.8. The predicted molar refractivity (Wildman–Crippen MR) is 131 cm³/mol. The second kappa shape index (κ2) is 9.04. The number of para-hydroxylation sites is 1. The van der Waals surface area contributed by atoms with Crippen LogP contribution in [0.1, 0.15) is 49.0 Å². The highest BCUT2D eigenvalue weighted by Gasteiger charge is 2.56. The Bertz CT molecular complexity index is 1330. The van der Waals surface area contributed by atoms with Crippen LogP contribution < -0.4 is 4.74 Å². The van der Waals surface area contributed by atoms with Crippen LogP contribution in [0.15, 0.2) is 36.4 Å². The molecule has 5 nitrogen and oxygen atoms in total. The number of ether oxygens (including phenoxy) is 1. The summed E-state index contributed by atoms with van der Waals surface area (Å²) in [6, 6.07) is 8.23. The molecule has 1 saturated heterocycles. The lowest BCUT2D eigenvalue weighted by Crippen LogP contribution is -2.53. The molecule has 0 spiro atoms. The third-order valence-electron chi connectivity index (χ3n) is 7.84. The lowest BCUT2D eigenvalue weighted by atomic mass is 9.87. The Morgan fingerprint density at radius 2 is 1.86 bits per heavy atom. The average molecular weight is 516 g/mol. The van der Waals surface area contributed by atoms with Crippen LogP contribution in [0.25, 0.3) is 10.9 Å². The zero-order valence-corrected chi connectivity index (χ0v) is 20.6. The van der Waals surface area contributed by atoms with Crippen LogP contribution in [0.3, 0.4) is 0 Å². The molecule has 2 aliphatic heterocycles. The maximum atomic E-state index is 15.7. The second-order valence-corrected chi connectivity index (χ2v) is 10.5. The number of fused-ring (bicyclic) bond motifs is 3. The summed E-state index contributed by atoms with van der Waals surface area (Å²) in [7, 11) is 0. The van der Waals surface area contributed by atoms with Crippen LogP contribution >= 0.6 is 0 Å². The van der Waals surface area contributed by atoms with Crippen molar-refractivity contribution in [1.29, 1.82) is 0 Å². The molecule has 1 saturated carbocycles. The highest BCUT2D eigenvalue weighted by molar-refractivity contribution is 5.91. The predicted octanol–water partition coefficient (Wildman–Crippen LogP) is 5.23. The highest BCUT2D eigenvalue weighted by atomic mass is 19.1. The quantitative estimate of drug-likeness (QED) is 0.439. The van der Waals surface area contributed by atoms with Crippen molar-refractivity contribution in [3.05, 3.63) is 64.9 Å². The number of likely N-dealkylation sites (tertiary alicyclic amines) is 1. The molecule has 3 heterocycles. The van der Waals surface area contributed by atoms with E-state index in [1.165, 1.54) is 4.90 Å². The van der Waals surface area contributed by atoms with E-state index in [0.29, 0.717) is 38.2 Å². The van der Waals surface area contributed by atoms with Gasteiger partial charge in [-0.05, 0) is 44.2 Å². The lowest BCUT2D eigenvalue weighted by Gasteiger charge is -2.42. The minimum absolute atomic E-state index is 0.0525. The summed E-state index contributed by atoms with van der Waals surface area (Å²) in [5.74, 6) is -2.38. The number of carbonyl (C=O) groups excluding carboxylic acids is 1. The first-order valence-corrected chi connectivity index (χ1v) is 12.8.